The Hall–Kier alpha value is -0.970. The van der Waals surface area contributed by atoms with Crippen molar-refractivity contribution in [3.05, 3.63) is 35.6 Å². The highest BCUT2D eigenvalue weighted by molar-refractivity contribution is 5.24. The van der Waals surface area contributed by atoms with Gasteiger partial charge in [0.15, 0.2) is 0 Å². The van der Waals surface area contributed by atoms with Crippen LogP contribution >= 0.6 is 0 Å². The summed E-state index contributed by atoms with van der Waals surface area (Å²) in [7, 11) is 1.57. The molecule has 3 nitrogen and oxygen atoms in total. The van der Waals surface area contributed by atoms with Crippen LogP contribution in [0.15, 0.2) is 24.3 Å². The number of benzene rings is 1. The van der Waals surface area contributed by atoms with E-state index in [-0.39, 0.29) is 5.82 Å². The van der Waals surface area contributed by atoms with Crippen molar-refractivity contribution < 1.29 is 14.2 Å². The van der Waals surface area contributed by atoms with Gasteiger partial charge in [-0.05, 0) is 30.4 Å². The van der Waals surface area contributed by atoms with E-state index >= 15 is 0 Å². The number of hydrogen-bond donors (Lipinski definition) is 2. The molecule has 1 saturated carbocycles. The Morgan fingerprint density at radius 1 is 1.44 bits per heavy atom. The zero-order valence-corrected chi connectivity index (χ0v) is 10.6. The lowest BCUT2D eigenvalue weighted by Crippen LogP contribution is -2.44. The van der Waals surface area contributed by atoms with Crippen molar-refractivity contribution in [1.29, 1.82) is 0 Å². The highest BCUT2D eigenvalue weighted by Gasteiger charge is 2.31. The van der Waals surface area contributed by atoms with E-state index in [0.717, 1.165) is 18.4 Å². The van der Waals surface area contributed by atoms with Crippen LogP contribution in [0.2, 0.25) is 0 Å². The van der Waals surface area contributed by atoms with Crippen LogP contribution in [0.4, 0.5) is 4.39 Å². The van der Waals surface area contributed by atoms with E-state index < -0.39 is 6.10 Å². The van der Waals surface area contributed by atoms with E-state index in [9.17, 15) is 9.50 Å². The Morgan fingerprint density at radius 3 is 2.83 bits per heavy atom. The predicted molar refractivity (Wildman–Crippen MR) is 68.0 cm³/mol. The monoisotopic (exact) mass is 253 g/mol. The molecule has 1 aliphatic rings. The van der Waals surface area contributed by atoms with Gasteiger partial charge in [-0.25, -0.2) is 4.39 Å². The molecule has 0 bridgehead atoms. The first-order valence-electron chi connectivity index (χ1n) is 6.35. The van der Waals surface area contributed by atoms with Gasteiger partial charge in [-0.15, -0.1) is 0 Å². The average molecular weight is 253 g/mol. The number of aliphatic hydroxyl groups is 1. The van der Waals surface area contributed by atoms with Crippen molar-refractivity contribution in [1.82, 2.24) is 5.32 Å². The van der Waals surface area contributed by atoms with Crippen molar-refractivity contribution >= 4 is 0 Å². The fraction of sp³-hybridized carbons (Fsp3) is 0.571. The topological polar surface area (TPSA) is 41.5 Å². The van der Waals surface area contributed by atoms with E-state index in [1.54, 1.807) is 13.2 Å². The SMILES string of the molecule is COCC(O)CNC1CC(c2ccccc2F)C1. The van der Waals surface area contributed by atoms with Gasteiger partial charge < -0.3 is 15.2 Å². The zero-order valence-electron chi connectivity index (χ0n) is 10.6. The number of aliphatic hydroxyl groups excluding tert-OH is 1. The maximum absolute atomic E-state index is 13.5. The van der Waals surface area contributed by atoms with E-state index in [1.807, 2.05) is 12.1 Å². The molecule has 2 rings (SSSR count). The molecule has 1 aromatic carbocycles. The van der Waals surface area contributed by atoms with Crippen LogP contribution in [0.25, 0.3) is 0 Å². The minimum absolute atomic E-state index is 0.111. The molecular formula is C14H20FNO2. The Balaban J connectivity index is 1.73. The van der Waals surface area contributed by atoms with E-state index in [4.69, 9.17) is 4.74 Å². The normalized spacial score (nSPS) is 24.6. The van der Waals surface area contributed by atoms with Crippen LogP contribution in [-0.4, -0.2) is 37.5 Å². The Kier molecular flexibility index (Phi) is 4.69. The number of rotatable bonds is 6. The van der Waals surface area contributed by atoms with Crippen molar-refractivity contribution in [2.45, 2.75) is 30.9 Å². The minimum atomic E-state index is -0.470. The molecule has 0 saturated heterocycles. The number of methoxy groups -OCH3 is 1. The largest absolute Gasteiger partial charge is 0.389 e. The van der Waals surface area contributed by atoms with Crippen molar-refractivity contribution in [3.8, 4) is 0 Å². The van der Waals surface area contributed by atoms with Gasteiger partial charge in [0.05, 0.1) is 12.7 Å². The summed E-state index contributed by atoms with van der Waals surface area (Å²) in [6, 6.07) is 7.34. The molecule has 1 fully saturated rings. The van der Waals surface area contributed by atoms with Crippen LogP contribution in [0, 0.1) is 5.82 Å². The second kappa shape index (κ2) is 6.27. The molecule has 4 heteroatoms. The summed E-state index contributed by atoms with van der Waals surface area (Å²) in [5.41, 5.74) is 0.813. The maximum Gasteiger partial charge on any atom is 0.126 e. The fourth-order valence-corrected chi connectivity index (χ4v) is 2.40. The van der Waals surface area contributed by atoms with Gasteiger partial charge in [0.1, 0.15) is 5.82 Å². The van der Waals surface area contributed by atoms with Gasteiger partial charge in [0.2, 0.25) is 0 Å². The summed E-state index contributed by atoms with van der Waals surface area (Å²) in [6.07, 6.45) is 1.39. The summed E-state index contributed by atoms with van der Waals surface area (Å²) in [5.74, 6) is 0.198. The second-order valence-electron chi connectivity index (χ2n) is 4.90. The molecule has 0 aliphatic heterocycles. The van der Waals surface area contributed by atoms with Crippen LogP contribution in [0.3, 0.4) is 0 Å². The molecule has 0 aromatic heterocycles. The standard InChI is InChI=1S/C14H20FNO2/c1-18-9-12(17)8-16-11-6-10(7-11)13-4-2-3-5-14(13)15/h2-5,10-12,16-17H,6-9H2,1H3. The van der Waals surface area contributed by atoms with Gasteiger partial charge in [0.25, 0.3) is 0 Å². The van der Waals surface area contributed by atoms with Gasteiger partial charge in [-0.2, -0.15) is 0 Å². The van der Waals surface area contributed by atoms with Crippen LogP contribution in [0.1, 0.15) is 24.3 Å². The van der Waals surface area contributed by atoms with Crippen molar-refractivity contribution in [2.75, 3.05) is 20.3 Å². The first kappa shape index (κ1) is 13.5. The molecule has 0 radical (unpaired) electrons. The zero-order chi connectivity index (χ0) is 13.0. The van der Waals surface area contributed by atoms with Crippen molar-refractivity contribution in [2.24, 2.45) is 0 Å². The minimum Gasteiger partial charge on any atom is -0.389 e. The molecule has 1 aliphatic carbocycles. The van der Waals surface area contributed by atoms with E-state index in [1.165, 1.54) is 6.07 Å². The van der Waals surface area contributed by atoms with Gasteiger partial charge in [0, 0.05) is 19.7 Å². The molecule has 1 unspecified atom stereocenters. The molecule has 0 spiro atoms. The third kappa shape index (κ3) is 3.28. The number of nitrogens with one attached hydrogen (secondary N) is 1. The van der Waals surface area contributed by atoms with Gasteiger partial charge in [-0.1, -0.05) is 18.2 Å². The molecule has 18 heavy (non-hydrogen) atoms. The summed E-state index contributed by atoms with van der Waals surface area (Å²) in [6.45, 7) is 0.874. The number of hydrogen-bond acceptors (Lipinski definition) is 3. The lowest BCUT2D eigenvalue weighted by molar-refractivity contribution is 0.0596. The number of halogens is 1. The van der Waals surface area contributed by atoms with Crippen LogP contribution in [-0.2, 0) is 4.74 Å². The van der Waals surface area contributed by atoms with Crippen LogP contribution in [0.5, 0.6) is 0 Å². The molecule has 2 N–H and O–H groups in total. The smallest absolute Gasteiger partial charge is 0.126 e. The van der Waals surface area contributed by atoms with Crippen molar-refractivity contribution in [3.63, 3.8) is 0 Å². The molecule has 0 amide bonds. The molecule has 100 valence electrons. The molecule has 0 heterocycles. The quantitative estimate of drug-likeness (QED) is 0.810. The summed E-state index contributed by atoms with van der Waals surface area (Å²) < 4.78 is 18.4. The first-order valence-corrected chi connectivity index (χ1v) is 6.35. The summed E-state index contributed by atoms with van der Waals surface area (Å²) in [4.78, 5) is 0. The average Bonchev–Trinajstić information content (AvgIpc) is 2.29. The second-order valence-corrected chi connectivity index (χ2v) is 4.90. The van der Waals surface area contributed by atoms with E-state index in [0.29, 0.717) is 25.1 Å². The lowest BCUT2D eigenvalue weighted by Gasteiger charge is -2.37. The van der Waals surface area contributed by atoms with Gasteiger partial charge in [-0.3, -0.25) is 0 Å². The van der Waals surface area contributed by atoms with Gasteiger partial charge >= 0.3 is 0 Å². The summed E-state index contributed by atoms with van der Waals surface area (Å²) >= 11 is 0. The molecule has 1 aromatic rings. The first-order chi connectivity index (χ1) is 8.70. The highest BCUT2D eigenvalue weighted by Crippen LogP contribution is 2.37. The third-order valence-electron chi connectivity index (χ3n) is 3.48. The Morgan fingerprint density at radius 2 is 2.17 bits per heavy atom. The maximum atomic E-state index is 13.5. The lowest BCUT2D eigenvalue weighted by atomic mass is 9.75. The van der Waals surface area contributed by atoms with Crippen LogP contribution < -0.4 is 5.32 Å². The fourth-order valence-electron chi connectivity index (χ4n) is 2.40. The Labute approximate surface area is 107 Å². The molecule has 1 atom stereocenters. The molecular weight excluding hydrogens is 233 g/mol. The Bertz CT molecular complexity index is 380. The third-order valence-corrected chi connectivity index (χ3v) is 3.48. The highest BCUT2D eigenvalue weighted by atomic mass is 19.1. The summed E-state index contributed by atoms with van der Waals surface area (Å²) in [5, 5.41) is 12.8. The van der Waals surface area contributed by atoms with E-state index in [2.05, 4.69) is 5.32 Å². The predicted octanol–water partition coefficient (Wildman–Crippen LogP) is 1.67. The number of ether oxygens (including phenoxy) is 1.